The monoisotopic (exact) mass is 370 g/mol. The molecule has 4 nitrogen and oxygen atoms in total. The summed E-state index contributed by atoms with van der Waals surface area (Å²) in [6.45, 7) is 3.43. The van der Waals surface area contributed by atoms with Crippen molar-refractivity contribution in [2.75, 3.05) is 5.75 Å². The summed E-state index contributed by atoms with van der Waals surface area (Å²) in [6, 6.07) is 14.6. The van der Waals surface area contributed by atoms with E-state index in [1.54, 1.807) is 6.07 Å². The van der Waals surface area contributed by atoms with Gasteiger partial charge in [-0.15, -0.1) is 0 Å². The van der Waals surface area contributed by atoms with Crippen molar-refractivity contribution in [2.24, 2.45) is 0 Å². The fraction of sp³-hybridized carbons (Fsp3) is 0.250. The average molecular weight is 370 g/mol. The summed E-state index contributed by atoms with van der Waals surface area (Å²) in [7, 11) is 0. The lowest BCUT2D eigenvalue weighted by Gasteiger charge is -2.10. The van der Waals surface area contributed by atoms with Crippen LogP contribution in [0.2, 0.25) is 0 Å². The molecule has 0 radical (unpaired) electrons. The third kappa shape index (κ3) is 4.38. The van der Waals surface area contributed by atoms with Crippen LogP contribution in [0.1, 0.15) is 37.0 Å². The number of carbonyl (C=O) groups excluding carboxylic acids is 1. The number of aryl methyl sites for hydroxylation is 1. The Kier molecular flexibility index (Phi) is 5.83. The highest BCUT2D eigenvalue weighted by molar-refractivity contribution is 8.13. The number of halogens is 1. The van der Waals surface area contributed by atoms with E-state index in [0.29, 0.717) is 29.5 Å². The summed E-state index contributed by atoms with van der Waals surface area (Å²) in [5, 5.41) is 4.01. The Bertz CT molecular complexity index is 896. The zero-order chi connectivity index (χ0) is 18.5. The third-order valence-corrected chi connectivity index (χ3v) is 4.88. The van der Waals surface area contributed by atoms with Crippen LogP contribution in [-0.4, -0.2) is 21.0 Å². The number of benzene rings is 2. The molecule has 134 valence electrons. The minimum Gasteiger partial charge on any atom is -0.339 e. The summed E-state index contributed by atoms with van der Waals surface area (Å²) in [4.78, 5) is 15.3. The Hall–Kier alpha value is -2.47. The van der Waals surface area contributed by atoms with Gasteiger partial charge in [0.05, 0.1) is 5.92 Å². The molecule has 0 N–H and O–H groups in total. The number of aromatic nitrogens is 2. The summed E-state index contributed by atoms with van der Waals surface area (Å²) < 4.78 is 19.9. The van der Waals surface area contributed by atoms with E-state index in [2.05, 4.69) is 10.1 Å². The lowest BCUT2D eigenvalue weighted by atomic mass is 9.97. The Balaban J connectivity index is 1.74. The van der Waals surface area contributed by atoms with Crippen molar-refractivity contribution >= 4 is 16.9 Å². The molecule has 0 aliphatic heterocycles. The molecule has 0 saturated carbocycles. The van der Waals surface area contributed by atoms with Crippen LogP contribution in [0.15, 0.2) is 53.1 Å². The second-order valence-electron chi connectivity index (χ2n) is 5.97. The molecule has 0 fully saturated rings. The van der Waals surface area contributed by atoms with Crippen LogP contribution in [0.5, 0.6) is 0 Å². The maximum absolute atomic E-state index is 14.6. The molecule has 0 spiro atoms. The smallest absolute Gasteiger partial charge is 0.233 e. The SMILES string of the molecule is CC(=O)SCCc1noc(C(C)c2ccc(-c3ccccc3)c(F)c2)n1. The van der Waals surface area contributed by atoms with Gasteiger partial charge in [-0.05, 0) is 24.1 Å². The first-order chi connectivity index (χ1) is 12.5. The Morgan fingerprint density at radius 3 is 2.69 bits per heavy atom. The van der Waals surface area contributed by atoms with E-state index in [4.69, 9.17) is 4.52 Å². The van der Waals surface area contributed by atoms with Gasteiger partial charge in [0.15, 0.2) is 10.9 Å². The highest BCUT2D eigenvalue weighted by atomic mass is 32.2. The van der Waals surface area contributed by atoms with Crippen molar-refractivity contribution in [1.29, 1.82) is 0 Å². The second-order valence-corrected chi connectivity index (χ2v) is 7.24. The van der Waals surface area contributed by atoms with Gasteiger partial charge in [-0.3, -0.25) is 4.79 Å². The van der Waals surface area contributed by atoms with Crippen LogP contribution >= 0.6 is 11.8 Å². The molecular weight excluding hydrogens is 351 g/mol. The predicted molar refractivity (Wildman–Crippen MR) is 100 cm³/mol. The minimum atomic E-state index is -0.279. The van der Waals surface area contributed by atoms with Crippen LogP contribution in [0, 0.1) is 5.82 Å². The van der Waals surface area contributed by atoms with Crippen LogP contribution < -0.4 is 0 Å². The van der Waals surface area contributed by atoms with Gasteiger partial charge < -0.3 is 4.52 Å². The van der Waals surface area contributed by atoms with E-state index >= 15 is 0 Å². The maximum Gasteiger partial charge on any atom is 0.233 e. The number of nitrogens with zero attached hydrogens (tertiary/aromatic N) is 2. The van der Waals surface area contributed by atoms with Gasteiger partial charge in [-0.1, -0.05) is 59.4 Å². The summed E-state index contributed by atoms with van der Waals surface area (Å²) in [5.41, 5.74) is 2.18. The van der Waals surface area contributed by atoms with Gasteiger partial charge in [0.2, 0.25) is 5.89 Å². The quantitative estimate of drug-likeness (QED) is 0.621. The van der Waals surface area contributed by atoms with Crippen molar-refractivity contribution in [2.45, 2.75) is 26.2 Å². The molecule has 3 rings (SSSR count). The van der Waals surface area contributed by atoms with Crippen molar-refractivity contribution < 1.29 is 13.7 Å². The normalized spacial score (nSPS) is 12.1. The molecule has 0 aliphatic carbocycles. The van der Waals surface area contributed by atoms with Crippen molar-refractivity contribution in [3.8, 4) is 11.1 Å². The van der Waals surface area contributed by atoms with Gasteiger partial charge in [0.1, 0.15) is 5.82 Å². The van der Waals surface area contributed by atoms with E-state index in [9.17, 15) is 9.18 Å². The molecule has 1 heterocycles. The highest BCUT2D eigenvalue weighted by Gasteiger charge is 2.18. The van der Waals surface area contributed by atoms with Crippen LogP contribution in [0.25, 0.3) is 11.1 Å². The van der Waals surface area contributed by atoms with Crippen molar-refractivity contribution in [3.63, 3.8) is 0 Å². The number of rotatable bonds is 6. The zero-order valence-corrected chi connectivity index (χ0v) is 15.4. The number of hydrogen-bond acceptors (Lipinski definition) is 5. The fourth-order valence-electron chi connectivity index (χ4n) is 2.63. The van der Waals surface area contributed by atoms with E-state index in [-0.39, 0.29) is 16.9 Å². The van der Waals surface area contributed by atoms with Gasteiger partial charge in [0, 0.05) is 24.7 Å². The summed E-state index contributed by atoms with van der Waals surface area (Å²) in [6.07, 6.45) is 0.557. The van der Waals surface area contributed by atoms with Gasteiger partial charge >= 0.3 is 0 Å². The second kappa shape index (κ2) is 8.27. The molecule has 0 amide bonds. The van der Waals surface area contributed by atoms with Crippen molar-refractivity contribution in [1.82, 2.24) is 10.1 Å². The first kappa shape index (κ1) is 18.3. The standard InChI is InChI=1S/C20H19FN2O2S/c1-13(20-22-19(23-25-20)10-11-26-14(2)24)16-8-9-17(18(21)12-16)15-6-4-3-5-7-15/h3-9,12-13H,10-11H2,1-2H3. The summed E-state index contributed by atoms with van der Waals surface area (Å²) in [5.74, 6) is 1.12. The van der Waals surface area contributed by atoms with E-state index < -0.39 is 0 Å². The average Bonchev–Trinajstić information content (AvgIpc) is 3.10. The van der Waals surface area contributed by atoms with Crippen molar-refractivity contribution in [3.05, 3.63) is 71.6 Å². The molecule has 0 bridgehead atoms. The lowest BCUT2D eigenvalue weighted by Crippen LogP contribution is -1.99. The number of hydrogen-bond donors (Lipinski definition) is 0. The van der Waals surface area contributed by atoms with Gasteiger partial charge in [-0.2, -0.15) is 4.98 Å². The van der Waals surface area contributed by atoms with E-state index in [1.165, 1.54) is 24.8 Å². The molecular formula is C20H19FN2O2S. The van der Waals surface area contributed by atoms with E-state index in [0.717, 1.165) is 11.1 Å². The van der Waals surface area contributed by atoms with Crippen LogP contribution in [0.3, 0.4) is 0 Å². The Labute approximate surface area is 155 Å². The number of thioether (sulfide) groups is 1. The Morgan fingerprint density at radius 2 is 2.00 bits per heavy atom. The highest BCUT2D eigenvalue weighted by Crippen LogP contribution is 2.28. The maximum atomic E-state index is 14.6. The molecule has 1 unspecified atom stereocenters. The molecule has 2 aromatic carbocycles. The first-order valence-corrected chi connectivity index (χ1v) is 9.34. The molecule has 1 aromatic heterocycles. The van der Waals surface area contributed by atoms with Crippen LogP contribution in [0.4, 0.5) is 4.39 Å². The van der Waals surface area contributed by atoms with Gasteiger partial charge in [0.25, 0.3) is 0 Å². The molecule has 1 atom stereocenters. The Morgan fingerprint density at radius 1 is 1.23 bits per heavy atom. The lowest BCUT2D eigenvalue weighted by molar-refractivity contribution is -0.109. The largest absolute Gasteiger partial charge is 0.339 e. The molecule has 0 saturated heterocycles. The first-order valence-electron chi connectivity index (χ1n) is 8.35. The molecule has 0 aliphatic rings. The van der Waals surface area contributed by atoms with E-state index in [1.807, 2.05) is 43.3 Å². The molecule has 3 aromatic rings. The third-order valence-electron chi connectivity index (χ3n) is 4.06. The summed E-state index contributed by atoms with van der Waals surface area (Å²) >= 11 is 1.23. The predicted octanol–water partition coefficient (Wildman–Crippen LogP) is 4.85. The minimum absolute atomic E-state index is 0.0658. The number of carbonyl (C=O) groups is 1. The topological polar surface area (TPSA) is 56.0 Å². The van der Waals surface area contributed by atoms with Gasteiger partial charge in [-0.25, -0.2) is 4.39 Å². The molecule has 26 heavy (non-hydrogen) atoms. The molecule has 6 heteroatoms. The van der Waals surface area contributed by atoms with Crippen LogP contribution in [-0.2, 0) is 11.2 Å². The fourth-order valence-corrected chi connectivity index (χ4v) is 3.20. The zero-order valence-electron chi connectivity index (χ0n) is 14.6.